The van der Waals surface area contributed by atoms with Crippen molar-refractivity contribution in [1.82, 2.24) is 4.90 Å². The fourth-order valence-corrected chi connectivity index (χ4v) is 2.23. The van der Waals surface area contributed by atoms with E-state index in [9.17, 15) is 4.79 Å². The van der Waals surface area contributed by atoms with Gasteiger partial charge in [0.25, 0.3) is 0 Å². The van der Waals surface area contributed by atoms with Gasteiger partial charge in [-0.1, -0.05) is 17.7 Å². The van der Waals surface area contributed by atoms with Gasteiger partial charge in [0.05, 0.1) is 6.54 Å². The Kier molecular flexibility index (Phi) is 4.02. The molecule has 0 unspecified atom stereocenters. The average Bonchev–Trinajstić information content (AvgIpc) is 2.76. The van der Waals surface area contributed by atoms with Gasteiger partial charge in [-0.15, -0.1) is 0 Å². The molecule has 1 amide bonds. The van der Waals surface area contributed by atoms with Gasteiger partial charge in [-0.2, -0.15) is 0 Å². The summed E-state index contributed by atoms with van der Waals surface area (Å²) in [4.78, 5) is 14.0. The first-order chi connectivity index (χ1) is 8.15. The van der Waals surface area contributed by atoms with Crippen LogP contribution in [0.5, 0.6) is 0 Å². The highest BCUT2D eigenvalue weighted by atomic mass is 35.5. The van der Waals surface area contributed by atoms with Gasteiger partial charge in [0.2, 0.25) is 5.91 Å². The Morgan fingerprint density at radius 2 is 2.12 bits per heavy atom. The lowest BCUT2D eigenvalue weighted by Gasteiger charge is -2.15. The van der Waals surface area contributed by atoms with Crippen molar-refractivity contribution in [3.63, 3.8) is 0 Å². The Morgan fingerprint density at radius 1 is 1.41 bits per heavy atom. The Balaban J connectivity index is 1.95. The molecule has 1 heterocycles. The first-order valence-electron chi connectivity index (χ1n) is 5.93. The van der Waals surface area contributed by atoms with E-state index in [-0.39, 0.29) is 5.91 Å². The number of halogens is 1. The second kappa shape index (κ2) is 5.52. The first-order valence-corrected chi connectivity index (χ1v) is 6.31. The third-order valence-electron chi connectivity index (χ3n) is 3.04. The standard InChI is InChI=1S/C13H17ClN2O/c1-10-4-5-11(14)8-12(10)15-13(17)9-16-6-2-3-7-16/h4-5,8H,2-3,6-7,9H2,1H3,(H,15,17). The maximum Gasteiger partial charge on any atom is 0.238 e. The zero-order valence-corrected chi connectivity index (χ0v) is 10.8. The zero-order chi connectivity index (χ0) is 12.3. The molecule has 1 aromatic rings. The van der Waals surface area contributed by atoms with Crippen LogP contribution in [0.25, 0.3) is 0 Å². The third-order valence-corrected chi connectivity index (χ3v) is 3.27. The molecule has 0 spiro atoms. The SMILES string of the molecule is Cc1ccc(Cl)cc1NC(=O)CN1CCCC1. The molecule has 2 rings (SSSR count). The summed E-state index contributed by atoms with van der Waals surface area (Å²) in [5, 5.41) is 3.56. The number of amides is 1. The average molecular weight is 253 g/mol. The Bertz CT molecular complexity index is 414. The van der Waals surface area contributed by atoms with Crippen LogP contribution in [0.15, 0.2) is 18.2 Å². The number of nitrogens with one attached hydrogen (secondary N) is 1. The molecule has 17 heavy (non-hydrogen) atoms. The largest absolute Gasteiger partial charge is 0.325 e. The second-order valence-corrected chi connectivity index (χ2v) is 4.93. The summed E-state index contributed by atoms with van der Waals surface area (Å²) in [5.74, 6) is 0.0391. The third kappa shape index (κ3) is 3.45. The van der Waals surface area contributed by atoms with E-state index in [1.807, 2.05) is 19.1 Å². The van der Waals surface area contributed by atoms with Gasteiger partial charge in [0, 0.05) is 10.7 Å². The molecule has 0 radical (unpaired) electrons. The van der Waals surface area contributed by atoms with Crippen LogP contribution >= 0.6 is 11.6 Å². The summed E-state index contributed by atoms with van der Waals surface area (Å²) < 4.78 is 0. The van der Waals surface area contributed by atoms with Gasteiger partial charge in [-0.05, 0) is 50.6 Å². The molecule has 92 valence electrons. The van der Waals surface area contributed by atoms with Crippen LogP contribution in [0.2, 0.25) is 5.02 Å². The van der Waals surface area contributed by atoms with Gasteiger partial charge in [0.15, 0.2) is 0 Å². The summed E-state index contributed by atoms with van der Waals surface area (Å²) in [6, 6.07) is 5.53. The molecule has 1 aliphatic heterocycles. The minimum Gasteiger partial charge on any atom is -0.325 e. The Labute approximate surface area is 107 Å². The highest BCUT2D eigenvalue weighted by molar-refractivity contribution is 6.31. The van der Waals surface area contributed by atoms with E-state index in [1.165, 1.54) is 12.8 Å². The monoisotopic (exact) mass is 252 g/mol. The van der Waals surface area contributed by atoms with Crippen molar-refractivity contribution in [3.8, 4) is 0 Å². The van der Waals surface area contributed by atoms with Gasteiger partial charge in [-0.3, -0.25) is 9.69 Å². The van der Waals surface area contributed by atoms with E-state index in [0.717, 1.165) is 24.3 Å². The number of likely N-dealkylation sites (tertiary alicyclic amines) is 1. The molecular formula is C13H17ClN2O. The fourth-order valence-electron chi connectivity index (χ4n) is 2.06. The maximum atomic E-state index is 11.8. The highest BCUT2D eigenvalue weighted by Crippen LogP contribution is 2.20. The van der Waals surface area contributed by atoms with Gasteiger partial charge in [-0.25, -0.2) is 0 Å². The molecule has 0 bridgehead atoms. The molecule has 0 aromatic heterocycles. The first kappa shape index (κ1) is 12.4. The minimum atomic E-state index is 0.0391. The van der Waals surface area contributed by atoms with E-state index in [0.29, 0.717) is 11.6 Å². The Morgan fingerprint density at radius 3 is 2.82 bits per heavy atom. The normalized spacial score (nSPS) is 16.1. The van der Waals surface area contributed by atoms with Crippen molar-refractivity contribution < 1.29 is 4.79 Å². The molecule has 3 nitrogen and oxygen atoms in total. The summed E-state index contributed by atoms with van der Waals surface area (Å²) in [6.07, 6.45) is 2.40. The summed E-state index contributed by atoms with van der Waals surface area (Å²) >= 11 is 5.91. The predicted molar refractivity (Wildman–Crippen MR) is 70.5 cm³/mol. The number of hydrogen-bond acceptors (Lipinski definition) is 2. The molecule has 1 N–H and O–H groups in total. The van der Waals surface area contributed by atoms with E-state index in [1.54, 1.807) is 6.07 Å². The summed E-state index contributed by atoms with van der Waals surface area (Å²) in [6.45, 7) is 4.50. The fraction of sp³-hybridized carbons (Fsp3) is 0.462. The molecule has 1 aromatic carbocycles. The van der Waals surface area contributed by atoms with Gasteiger partial charge < -0.3 is 5.32 Å². The zero-order valence-electron chi connectivity index (χ0n) is 10.0. The number of aryl methyl sites for hydroxylation is 1. The van der Waals surface area contributed by atoms with Gasteiger partial charge in [0.1, 0.15) is 0 Å². The van der Waals surface area contributed by atoms with Crippen molar-refractivity contribution in [1.29, 1.82) is 0 Å². The van der Waals surface area contributed by atoms with Crippen molar-refractivity contribution in [3.05, 3.63) is 28.8 Å². The molecule has 0 atom stereocenters. The van der Waals surface area contributed by atoms with Crippen LogP contribution in [0.1, 0.15) is 18.4 Å². The summed E-state index contributed by atoms with van der Waals surface area (Å²) in [7, 11) is 0. The number of hydrogen-bond donors (Lipinski definition) is 1. The van der Waals surface area contributed by atoms with E-state index < -0.39 is 0 Å². The van der Waals surface area contributed by atoms with Crippen molar-refractivity contribution >= 4 is 23.2 Å². The number of rotatable bonds is 3. The van der Waals surface area contributed by atoms with Crippen LogP contribution in [-0.2, 0) is 4.79 Å². The van der Waals surface area contributed by atoms with Crippen molar-refractivity contribution in [2.24, 2.45) is 0 Å². The van der Waals surface area contributed by atoms with E-state index >= 15 is 0 Å². The van der Waals surface area contributed by atoms with Crippen molar-refractivity contribution in [2.45, 2.75) is 19.8 Å². The quantitative estimate of drug-likeness (QED) is 0.897. The predicted octanol–water partition coefficient (Wildman–Crippen LogP) is 2.68. The number of benzene rings is 1. The number of carbonyl (C=O) groups is 1. The smallest absolute Gasteiger partial charge is 0.238 e. The lowest BCUT2D eigenvalue weighted by molar-refractivity contribution is -0.117. The number of nitrogens with zero attached hydrogens (tertiary/aromatic N) is 1. The van der Waals surface area contributed by atoms with Crippen molar-refractivity contribution in [2.75, 3.05) is 25.0 Å². The van der Waals surface area contributed by atoms with Crippen LogP contribution < -0.4 is 5.32 Å². The molecular weight excluding hydrogens is 236 g/mol. The molecule has 0 aliphatic carbocycles. The van der Waals surface area contributed by atoms with Crippen LogP contribution in [0.4, 0.5) is 5.69 Å². The molecule has 1 aliphatic rings. The topological polar surface area (TPSA) is 32.3 Å². The van der Waals surface area contributed by atoms with Gasteiger partial charge >= 0.3 is 0 Å². The van der Waals surface area contributed by atoms with E-state index in [2.05, 4.69) is 10.2 Å². The molecule has 4 heteroatoms. The maximum absolute atomic E-state index is 11.8. The number of carbonyl (C=O) groups excluding carboxylic acids is 1. The molecule has 0 saturated carbocycles. The van der Waals surface area contributed by atoms with Crippen LogP contribution in [-0.4, -0.2) is 30.4 Å². The second-order valence-electron chi connectivity index (χ2n) is 4.49. The minimum absolute atomic E-state index is 0.0391. The Hall–Kier alpha value is -1.06. The summed E-state index contributed by atoms with van der Waals surface area (Å²) in [5.41, 5.74) is 1.84. The lowest BCUT2D eigenvalue weighted by atomic mass is 10.2. The van der Waals surface area contributed by atoms with Crippen LogP contribution in [0, 0.1) is 6.92 Å². The highest BCUT2D eigenvalue weighted by Gasteiger charge is 2.15. The lowest BCUT2D eigenvalue weighted by Crippen LogP contribution is -2.31. The molecule has 1 fully saturated rings. The van der Waals surface area contributed by atoms with E-state index in [4.69, 9.17) is 11.6 Å². The number of anilines is 1. The molecule has 1 saturated heterocycles. The van der Waals surface area contributed by atoms with Crippen LogP contribution in [0.3, 0.4) is 0 Å².